The van der Waals surface area contributed by atoms with Gasteiger partial charge in [0, 0.05) is 0 Å². The van der Waals surface area contributed by atoms with E-state index >= 15 is 0 Å². The minimum atomic E-state index is 0.914. The third-order valence-electron chi connectivity index (χ3n) is 5.20. The van der Waals surface area contributed by atoms with Gasteiger partial charge in [-0.2, -0.15) is 0 Å². The molecule has 4 unspecified atom stereocenters. The van der Waals surface area contributed by atoms with E-state index < -0.39 is 0 Å². The second kappa shape index (κ2) is 11.8. The molecular weight excluding hydrogens is 228 g/mol. The molecule has 0 aromatic heterocycles. The zero-order valence-corrected chi connectivity index (χ0v) is 14.7. The first-order chi connectivity index (χ1) is 9.01. The van der Waals surface area contributed by atoms with Crippen LogP contribution in [0.25, 0.3) is 0 Å². The molecule has 0 nitrogen and oxygen atoms in total. The van der Waals surface area contributed by atoms with Crippen molar-refractivity contribution in [1.29, 1.82) is 0 Å². The Morgan fingerprint density at radius 3 is 1.58 bits per heavy atom. The summed E-state index contributed by atoms with van der Waals surface area (Å²) >= 11 is 0. The number of hydrogen-bond acceptors (Lipinski definition) is 0. The Balaban J connectivity index is 3.68. The highest BCUT2D eigenvalue weighted by Crippen LogP contribution is 2.26. The highest BCUT2D eigenvalue weighted by atomic mass is 14.2. The monoisotopic (exact) mass is 268 g/mol. The maximum Gasteiger partial charge on any atom is -0.0417 e. The van der Waals surface area contributed by atoms with Gasteiger partial charge in [0.2, 0.25) is 0 Å². The Bertz CT molecular complexity index is 184. The zero-order chi connectivity index (χ0) is 14.7. The third-order valence-corrected chi connectivity index (χ3v) is 5.20. The van der Waals surface area contributed by atoms with Gasteiger partial charge in [-0.05, 0) is 23.7 Å². The number of hydrogen-bond donors (Lipinski definition) is 0. The summed E-state index contributed by atoms with van der Waals surface area (Å²) < 4.78 is 0. The molecule has 0 radical (unpaired) electrons. The van der Waals surface area contributed by atoms with E-state index in [9.17, 15) is 0 Å². The Hall–Kier alpha value is 0. The van der Waals surface area contributed by atoms with Gasteiger partial charge in [0.25, 0.3) is 0 Å². The average Bonchev–Trinajstić information content (AvgIpc) is 2.41. The Labute approximate surface area is 123 Å². The molecule has 0 aromatic carbocycles. The fraction of sp³-hybridized carbons (Fsp3) is 1.00. The van der Waals surface area contributed by atoms with E-state index in [0.29, 0.717) is 0 Å². The summed E-state index contributed by atoms with van der Waals surface area (Å²) in [7, 11) is 0. The number of rotatable bonds is 12. The van der Waals surface area contributed by atoms with Crippen molar-refractivity contribution in [1.82, 2.24) is 0 Å². The molecule has 4 atom stereocenters. The first kappa shape index (κ1) is 19.0. The van der Waals surface area contributed by atoms with Crippen molar-refractivity contribution in [2.24, 2.45) is 23.7 Å². The van der Waals surface area contributed by atoms with Crippen LogP contribution in [-0.4, -0.2) is 0 Å². The van der Waals surface area contributed by atoms with Crippen molar-refractivity contribution in [2.75, 3.05) is 0 Å². The predicted molar refractivity (Wildman–Crippen MR) is 89.6 cm³/mol. The summed E-state index contributed by atoms with van der Waals surface area (Å²) in [5, 5.41) is 0. The lowest BCUT2D eigenvalue weighted by Crippen LogP contribution is -2.11. The van der Waals surface area contributed by atoms with Crippen LogP contribution in [0.2, 0.25) is 0 Å². The molecule has 0 amide bonds. The van der Waals surface area contributed by atoms with Gasteiger partial charge < -0.3 is 0 Å². The van der Waals surface area contributed by atoms with Gasteiger partial charge in [-0.25, -0.2) is 0 Å². The van der Waals surface area contributed by atoms with E-state index in [1.54, 1.807) is 0 Å². The van der Waals surface area contributed by atoms with Gasteiger partial charge in [-0.1, -0.05) is 99.3 Å². The van der Waals surface area contributed by atoms with Gasteiger partial charge in [-0.3, -0.25) is 0 Å². The van der Waals surface area contributed by atoms with Crippen molar-refractivity contribution in [3.63, 3.8) is 0 Å². The lowest BCUT2D eigenvalue weighted by atomic mass is 9.83. The Kier molecular flexibility index (Phi) is 11.8. The Morgan fingerprint density at radius 2 is 1.11 bits per heavy atom. The summed E-state index contributed by atoms with van der Waals surface area (Å²) in [6.45, 7) is 14.4. The summed E-state index contributed by atoms with van der Waals surface area (Å²) in [5.41, 5.74) is 0. The molecule has 0 N–H and O–H groups in total. The molecule has 0 spiro atoms. The lowest BCUT2D eigenvalue weighted by molar-refractivity contribution is 0.290. The first-order valence-corrected chi connectivity index (χ1v) is 9.01. The fourth-order valence-corrected chi connectivity index (χ4v) is 2.76. The van der Waals surface area contributed by atoms with Crippen molar-refractivity contribution in [2.45, 2.75) is 99.3 Å². The second-order valence-corrected chi connectivity index (χ2v) is 7.22. The second-order valence-electron chi connectivity index (χ2n) is 7.22. The van der Waals surface area contributed by atoms with Crippen LogP contribution in [0.1, 0.15) is 99.3 Å². The van der Waals surface area contributed by atoms with Crippen molar-refractivity contribution in [3.8, 4) is 0 Å². The molecule has 0 fully saturated rings. The maximum atomic E-state index is 2.47. The van der Waals surface area contributed by atoms with E-state index in [2.05, 4.69) is 41.5 Å². The average molecular weight is 269 g/mol. The zero-order valence-electron chi connectivity index (χ0n) is 14.7. The maximum absolute atomic E-state index is 2.47. The van der Waals surface area contributed by atoms with Gasteiger partial charge >= 0.3 is 0 Å². The third kappa shape index (κ3) is 10.4. The standard InChI is InChI=1S/C19H40/c1-7-9-10-11-17(4)13-15-19(6)18(5)14-12-16(3)8-2/h16-19H,7-15H2,1-6H3. The summed E-state index contributed by atoms with van der Waals surface area (Å²) in [4.78, 5) is 0. The molecule has 0 bridgehead atoms. The topological polar surface area (TPSA) is 0 Å². The highest BCUT2D eigenvalue weighted by molar-refractivity contribution is 4.66. The molecule has 0 rings (SSSR count). The summed E-state index contributed by atoms with van der Waals surface area (Å²) in [5.74, 6) is 3.69. The molecule has 116 valence electrons. The molecule has 0 heteroatoms. The summed E-state index contributed by atoms with van der Waals surface area (Å²) in [6, 6.07) is 0. The molecule has 0 saturated heterocycles. The van der Waals surface area contributed by atoms with Crippen molar-refractivity contribution in [3.05, 3.63) is 0 Å². The molecule has 0 saturated carbocycles. The Morgan fingerprint density at radius 1 is 0.579 bits per heavy atom. The molecule has 0 aliphatic carbocycles. The quantitative estimate of drug-likeness (QED) is 0.332. The van der Waals surface area contributed by atoms with E-state index in [4.69, 9.17) is 0 Å². The van der Waals surface area contributed by atoms with Crippen LogP contribution in [0.5, 0.6) is 0 Å². The SMILES string of the molecule is CCCCCC(C)CCC(C)C(C)CCC(C)CC. The lowest BCUT2D eigenvalue weighted by Gasteiger charge is -2.22. The van der Waals surface area contributed by atoms with Gasteiger partial charge in [0.05, 0.1) is 0 Å². The fourth-order valence-electron chi connectivity index (χ4n) is 2.76. The van der Waals surface area contributed by atoms with Crippen LogP contribution in [0.4, 0.5) is 0 Å². The highest BCUT2D eigenvalue weighted by Gasteiger charge is 2.14. The molecule has 0 aromatic rings. The minimum Gasteiger partial charge on any atom is -0.0654 e. The normalized spacial score (nSPS) is 18.0. The van der Waals surface area contributed by atoms with Crippen LogP contribution in [0.15, 0.2) is 0 Å². The molecule has 0 heterocycles. The first-order valence-electron chi connectivity index (χ1n) is 9.01. The van der Waals surface area contributed by atoms with Gasteiger partial charge in [-0.15, -0.1) is 0 Å². The van der Waals surface area contributed by atoms with Gasteiger partial charge in [0.1, 0.15) is 0 Å². The van der Waals surface area contributed by atoms with Gasteiger partial charge in [0.15, 0.2) is 0 Å². The molecular formula is C19H40. The van der Waals surface area contributed by atoms with Crippen molar-refractivity contribution >= 4 is 0 Å². The largest absolute Gasteiger partial charge is 0.0654 e. The minimum absolute atomic E-state index is 0.914. The predicted octanol–water partition coefficient (Wildman–Crippen LogP) is 7.08. The van der Waals surface area contributed by atoms with E-state index in [0.717, 1.165) is 23.7 Å². The van der Waals surface area contributed by atoms with Crippen LogP contribution >= 0.6 is 0 Å². The van der Waals surface area contributed by atoms with Crippen LogP contribution in [-0.2, 0) is 0 Å². The molecule has 0 aliphatic rings. The molecule has 0 aliphatic heterocycles. The molecule has 19 heavy (non-hydrogen) atoms. The van der Waals surface area contributed by atoms with E-state index in [1.165, 1.54) is 57.8 Å². The number of unbranched alkanes of at least 4 members (excludes halogenated alkanes) is 2. The van der Waals surface area contributed by atoms with Crippen molar-refractivity contribution < 1.29 is 0 Å². The van der Waals surface area contributed by atoms with Crippen LogP contribution in [0, 0.1) is 23.7 Å². The van der Waals surface area contributed by atoms with E-state index in [-0.39, 0.29) is 0 Å². The van der Waals surface area contributed by atoms with Crippen LogP contribution in [0.3, 0.4) is 0 Å². The summed E-state index contributed by atoms with van der Waals surface area (Å²) in [6.07, 6.45) is 12.7. The van der Waals surface area contributed by atoms with Crippen LogP contribution < -0.4 is 0 Å². The smallest absolute Gasteiger partial charge is 0.0417 e. The van der Waals surface area contributed by atoms with E-state index in [1.807, 2.05) is 0 Å².